The number of hydrogen-bond donors (Lipinski definition) is 1. The second kappa shape index (κ2) is 7.03. The Kier molecular flexibility index (Phi) is 5.34. The van der Waals surface area contributed by atoms with E-state index < -0.39 is 0 Å². The van der Waals surface area contributed by atoms with Crippen LogP contribution in [0.15, 0.2) is 18.2 Å². The van der Waals surface area contributed by atoms with Gasteiger partial charge in [-0.3, -0.25) is 4.79 Å². The summed E-state index contributed by atoms with van der Waals surface area (Å²) >= 11 is 0. The summed E-state index contributed by atoms with van der Waals surface area (Å²) in [6.07, 6.45) is 3.08. The van der Waals surface area contributed by atoms with Crippen molar-refractivity contribution in [2.45, 2.75) is 51.7 Å². The molecule has 2 rings (SSSR count). The lowest BCUT2D eigenvalue weighted by Gasteiger charge is -2.35. The highest BCUT2D eigenvalue weighted by atomic mass is 19.1. The Morgan fingerprint density at radius 2 is 2.10 bits per heavy atom. The molecule has 1 N–H and O–H groups in total. The van der Waals surface area contributed by atoms with E-state index >= 15 is 0 Å². The number of carbonyl (C=O) groups excluding carboxylic acids is 1. The first-order chi connectivity index (χ1) is 9.97. The van der Waals surface area contributed by atoms with Gasteiger partial charge in [0.1, 0.15) is 23.5 Å². The molecule has 0 heterocycles. The number of nitrogens with one attached hydrogen (secondary N) is 1. The third-order valence-corrected chi connectivity index (χ3v) is 4.04. The largest absolute Gasteiger partial charge is 0.490 e. The van der Waals surface area contributed by atoms with Crippen molar-refractivity contribution in [3.05, 3.63) is 29.6 Å². The molecule has 116 valence electrons. The van der Waals surface area contributed by atoms with Gasteiger partial charge in [0.05, 0.1) is 0 Å². The van der Waals surface area contributed by atoms with Crippen molar-refractivity contribution < 1.29 is 13.9 Å². The molecule has 0 aromatic heterocycles. The van der Waals surface area contributed by atoms with E-state index in [1.165, 1.54) is 12.1 Å². The molecule has 1 aromatic rings. The highest BCUT2D eigenvalue weighted by Gasteiger charge is 2.29. The van der Waals surface area contributed by atoms with Gasteiger partial charge in [0.25, 0.3) is 0 Å². The second-order valence-electron chi connectivity index (χ2n) is 6.11. The normalized spacial score (nSPS) is 21.2. The zero-order chi connectivity index (χ0) is 15.4. The van der Waals surface area contributed by atoms with Gasteiger partial charge in [-0.2, -0.15) is 0 Å². The fraction of sp³-hybridized carbons (Fsp3) is 0.588. The molecule has 0 saturated heterocycles. The van der Waals surface area contributed by atoms with E-state index in [0.717, 1.165) is 18.4 Å². The standard InChI is InChI=1S/C17H24FNO2/c1-11(2)17(20)5-4-12-6-13(18)8-15(7-12)21-16-9-14(10-16)19-3/h6-8,11,14,16,19H,4-5,9-10H2,1-3H3. The van der Waals surface area contributed by atoms with Crippen molar-refractivity contribution in [3.63, 3.8) is 0 Å². The molecule has 1 saturated carbocycles. The Hall–Kier alpha value is -1.42. The zero-order valence-corrected chi connectivity index (χ0v) is 13.0. The average molecular weight is 293 g/mol. The van der Waals surface area contributed by atoms with Crippen LogP contribution in [0.3, 0.4) is 0 Å². The summed E-state index contributed by atoms with van der Waals surface area (Å²) < 4.78 is 19.4. The quantitative estimate of drug-likeness (QED) is 0.839. The Morgan fingerprint density at radius 1 is 1.38 bits per heavy atom. The van der Waals surface area contributed by atoms with Crippen molar-refractivity contribution in [2.24, 2.45) is 5.92 Å². The first-order valence-electron chi connectivity index (χ1n) is 7.64. The van der Waals surface area contributed by atoms with Gasteiger partial charge in [0.15, 0.2) is 0 Å². The second-order valence-corrected chi connectivity index (χ2v) is 6.11. The number of carbonyl (C=O) groups is 1. The summed E-state index contributed by atoms with van der Waals surface area (Å²) in [6, 6.07) is 5.26. The predicted octanol–water partition coefficient (Wildman–Crippen LogP) is 3.11. The van der Waals surface area contributed by atoms with Crippen LogP contribution in [0.25, 0.3) is 0 Å². The summed E-state index contributed by atoms with van der Waals surface area (Å²) in [5, 5.41) is 3.19. The maximum absolute atomic E-state index is 13.6. The van der Waals surface area contributed by atoms with Crippen LogP contribution >= 0.6 is 0 Å². The summed E-state index contributed by atoms with van der Waals surface area (Å²) in [5.41, 5.74) is 0.823. The molecule has 0 bridgehead atoms. The van der Waals surface area contributed by atoms with Crippen molar-refractivity contribution in [1.29, 1.82) is 0 Å². The zero-order valence-electron chi connectivity index (χ0n) is 13.0. The van der Waals surface area contributed by atoms with Crippen LogP contribution in [0.1, 0.15) is 38.7 Å². The molecule has 0 aliphatic heterocycles. The fourth-order valence-electron chi connectivity index (χ4n) is 2.48. The van der Waals surface area contributed by atoms with Crippen molar-refractivity contribution in [2.75, 3.05) is 7.05 Å². The fourth-order valence-corrected chi connectivity index (χ4v) is 2.48. The third-order valence-electron chi connectivity index (χ3n) is 4.04. The molecule has 0 unspecified atom stereocenters. The number of ketones is 1. The molecule has 0 spiro atoms. The first kappa shape index (κ1) is 16.0. The Morgan fingerprint density at radius 3 is 2.71 bits per heavy atom. The lowest BCUT2D eigenvalue weighted by atomic mass is 9.89. The molecule has 1 aromatic carbocycles. The van der Waals surface area contributed by atoms with Crippen LogP contribution in [0.5, 0.6) is 5.75 Å². The maximum atomic E-state index is 13.6. The molecule has 0 atom stereocenters. The molecule has 0 radical (unpaired) electrons. The predicted molar refractivity (Wildman–Crippen MR) is 81.1 cm³/mol. The lowest BCUT2D eigenvalue weighted by molar-refractivity contribution is -0.121. The molecule has 0 amide bonds. The summed E-state index contributed by atoms with van der Waals surface area (Å²) in [4.78, 5) is 11.7. The van der Waals surface area contributed by atoms with Crippen molar-refractivity contribution in [1.82, 2.24) is 5.32 Å². The molecular formula is C17H24FNO2. The average Bonchev–Trinajstić information content (AvgIpc) is 2.39. The molecule has 1 aliphatic rings. The molecular weight excluding hydrogens is 269 g/mol. The van der Waals surface area contributed by atoms with Gasteiger partial charge < -0.3 is 10.1 Å². The number of Topliss-reactive ketones (excluding diaryl/α,β-unsaturated/α-hetero) is 1. The van der Waals surface area contributed by atoms with Gasteiger partial charge in [0, 0.05) is 24.4 Å². The van der Waals surface area contributed by atoms with Crippen LogP contribution in [-0.2, 0) is 11.2 Å². The number of benzene rings is 1. The number of rotatable bonds is 7. The molecule has 1 fully saturated rings. The maximum Gasteiger partial charge on any atom is 0.135 e. The van der Waals surface area contributed by atoms with Gasteiger partial charge in [0.2, 0.25) is 0 Å². The SMILES string of the molecule is CNC1CC(Oc2cc(F)cc(CCC(=O)C(C)C)c2)C1. The Bertz CT molecular complexity index is 496. The van der Waals surface area contributed by atoms with E-state index in [1.807, 2.05) is 27.0 Å². The Labute approximate surface area is 125 Å². The van der Waals surface area contributed by atoms with Crippen LogP contribution in [0, 0.1) is 11.7 Å². The van der Waals surface area contributed by atoms with Gasteiger partial charge in [-0.1, -0.05) is 13.8 Å². The smallest absolute Gasteiger partial charge is 0.135 e. The van der Waals surface area contributed by atoms with E-state index in [-0.39, 0.29) is 23.6 Å². The van der Waals surface area contributed by atoms with E-state index in [0.29, 0.717) is 24.6 Å². The molecule has 1 aliphatic carbocycles. The van der Waals surface area contributed by atoms with E-state index in [4.69, 9.17) is 4.74 Å². The van der Waals surface area contributed by atoms with Crippen LogP contribution in [0.4, 0.5) is 4.39 Å². The third kappa shape index (κ3) is 4.53. The highest BCUT2D eigenvalue weighted by molar-refractivity contribution is 5.80. The van der Waals surface area contributed by atoms with Gasteiger partial charge in [-0.05, 0) is 44.0 Å². The minimum absolute atomic E-state index is 0.0303. The van der Waals surface area contributed by atoms with Crippen molar-refractivity contribution in [3.8, 4) is 5.75 Å². The topological polar surface area (TPSA) is 38.3 Å². The minimum Gasteiger partial charge on any atom is -0.490 e. The molecule has 21 heavy (non-hydrogen) atoms. The van der Waals surface area contributed by atoms with Crippen molar-refractivity contribution >= 4 is 5.78 Å². The first-order valence-corrected chi connectivity index (χ1v) is 7.64. The van der Waals surface area contributed by atoms with E-state index in [2.05, 4.69) is 5.32 Å². The van der Waals surface area contributed by atoms with Crippen LogP contribution < -0.4 is 10.1 Å². The van der Waals surface area contributed by atoms with E-state index in [1.54, 1.807) is 0 Å². The number of ether oxygens (including phenoxy) is 1. The Balaban J connectivity index is 1.92. The van der Waals surface area contributed by atoms with Gasteiger partial charge in [-0.25, -0.2) is 4.39 Å². The van der Waals surface area contributed by atoms with Gasteiger partial charge >= 0.3 is 0 Å². The summed E-state index contributed by atoms with van der Waals surface area (Å²) in [5.74, 6) is 0.505. The number of halogens is 1. The lowest BCUT2D eigenvalue weighted by Crippen LogP contribution is -2.45. The number of aryl methyl sites for hydroxylation is 1. The number of hydrogen-bond acceptors (Lipinski definition) is 3. The van der Waals surface area contributed by atoms with Crippen LogP contribution in [0.2, 0.25) is 0 Å². The minimum atomic E-state index is -0.302. The summed E-state index contributed by atoms with van der Waals surface area (Å²) in [6.45, 7) is 3.77. The molecule has 4 heteroatoms. The summed E-state index contributed by atoms with van der Waals surface area (Å²) in [7, 11) is 1.94. The highest BCUT2D eigenvalue weighted by Crippen LogP contribution is 2.27. The van der Waals surface area contributed by atoms with E-state index in [9.17, 15) is 9.18 Å². The molecule has 3 nitrogen and oxygen atoms in total. The monoisotopic (exact) mass is 293 g/mol. The van der Waals surface area contributed by atoms with Crippen LogP contribution in [-0.4, -0.2) is 25.0 Å². The van der Waals surface area contributed by atoms with Gasteiger partial charge in [-0.15, -0.1) is 0 Å².